The molecule has 0 unspecified atom stereocenters. The van der Waals surface area contributed by atoms with E-state index in [-0.39, 0.29) is 6.61 Å². The summed E-state index contributed by atoms with van der Waals surface area (Å²) in [7, 11) is 0. The van der Waals surface area contributed by atoms with E-state index in [1.807, 2.05) is 0 Å². The summed E-state index contributed by atoms with van der Waals surface area (Å²) in [6, 6.07) is 0. The molecule has 0 rings (SSSR count). The van der Waals surface area contributed by atoms with Crippen LogP contribution in [0.15, 0.2) is 0 Å². The summed E-state index contributed by atoms with van der Waals surface area (Å²) in [6.07, 6.45) is 6.34. The lowest BCUT2D eigenvalue weighted by molar-refractivity contribution is 0.0980. The molecule has 0 aliphatic heterocycles. The highest BCUT2D eigenvalue weighted by atomic mass is 16.5. The normalized spacial score (nSPS) is 10.8. The van der Waals surface area contributed by atoms with Gasteiger partial charge in [0.25, 0.3) is 0 Å². The minimum absolute atomic E-state index is 0.272. The van der Waals surface area contributed by atoms with E-state index in [1.54, 1.807) is 0 Å². The van der Waals surface area contributed by atoms with Crippen LogP contribution in [-0.4, -0.2) is 38.1 Å². The predicted molar refractivity (Wildman–Crippen MR) is 62.1 cm³/mol. The zero-order valence-electron chi connectivity index (χ0n) is 10.0. The van der Waals surface area contributed by atoms with Crippen LogP contribution in [0.3, 0.4) is 0 Å². The average molecular weight is 218 g/mol. The lowest BCUT2D eigenvalue weighted by Gasteiger charge is -2.04. The number of rotatable bonds is 12. The van der Waals surface area contributed by atoms with Crippen molar-refractivity contribution in [1.82, 2.24) is 0 Å². The monoisotopic (exact) mass is 218 g/mol. The van der Waals surface area contributed by atoms with Gasteiger partial charge in [0, 0.05) is 33.0 Å². The van der Waals surface area contributed by atoms with Gasteiger partial charge in [-0.3, -0.25) is 0 Å². The fourth-order valence-corrected chi connectivity index (χ4v) is 1.17. The van der Waals surface area contributed by atoms with Crippen LogP contribution in [0.4, 0.5) is 0 Å². The topological polar surface area (TPSA) is 38.7 Å². The quantitative estimate of drug-likeness (QED) is 0.511. The van der Waals surface area contributed by atoms with Gasteiger partial charge in [-0.05, 0) is 32.1 Å². The Labute approximate surface area is 93.8 Å². The summed E-state index contributed by atoms with van der Waals surface area (Å²) >= 11 is 0. The number of aliphatic hydroxyl groups is 1. The SMILES string of the molecule is CCCCOCCCCOCCCCO. The fraction of sp³-hybridized carbons (Fsp3) is 1.00. The number of ether oxygens (including phenoxy) is 2. The summed E-state index contributed by atoms with van der Waals surface area (Å²) in [6.45, 7) is 5.80. The maximum atomic E-state index is 8.54. The third-order valence-electron chi connectivity index (χ3n) is 2.17. The second-order valence-corrected chi connectivity index (χ2v) is 3.72. The summed E-state index contributed by atoms with van der Waals surface area (Å²) in [5.41, 5.74) is 0. The van der Waals surface area contributed by atoms with E-state index in [1.165, 1.54) is 6.42 Å². The third-order valence-corrected chi connectivity index (χ3v) is 2.17. The minimum Gasteiger partial charge on any atom is -0.396 e. The largest absolute Gasteiger partial charge is 0.396 e. The van der Waals surface area contributed by atoms with Gasteiger partial charge in [-0.25, -0.2) is 0 Å². The highest BCUT2D eigenvalue weighted by Gasteiger charge is 1.91. The molecule has 0 aromatic carbocycles. The van der Waals surface area contributed by atoms with Crippen LogP contribution in [0.2, 0.25) is 0 Å². The highest BCUT2D eigenvalue weighted by Crippen LogP contribution is 1.95. The number of hydrogen-bond acceptors (Lipinski definition) is 3. The molecule has 0 spiro atoms. The molecule has 0 aliphatic carbocycles. The molecule has 3 nitrogen and oxygen atoms in total. The molecule has 0 saturated heterocycles. The predicted octanol–water partition coefficient (Wildman–Crippen LogP) is 2.37. The van der Waals surface area contributed by atoms with Crippen molar-refractivity contribution in [1.29, 1.82) is 0 Å². The zero-order chi connectivity index (χ0) is 11.2. The van der Waals surface area contributed by atoms with Crippen molar-refractivity contribution in [3.05, 3.63) is 0 Å². The Bertz CT molecular complexity index is 95.0. The lowest BCUT2D eigenvalue weighted by Crippen LogP contribution is -2.01. The molecule has 0 aromatic rings. The molecule has 0 amide bonds. The molecule has 0 heterocycles. The molecule has 3 heteroatoms. The van der Waals surface area contributed by atoms with Gasteiger partial charge in [-0.1, -0.05) is 13.3 Å². The van der Waals surface area contributed by atoms with Crippen molar-refractivity contribution in [2.45, 2.75) is 45.4 Å². The van der Waals surface area contributed by atoms with E-state index < -0.39 is 0 Å². The molecule has 0 aromatic heterocycles. The Kier molecular flexibility index (Phi) is 13.8. The van der Waals surface area contributed by atoms with Gasteiger partial charge in [-0.2, -0.15) is 0 Å². The first kappa shape index (κ1) is 14.9. The van der Waals surface area contributed by atoms with Gasteiger partial charge in [0.2, 0.25) is 0 Å². The number of aliphatic hydroxyl groups excluding tert-OH is 1. The van der Waals surface area contributed by atoms with Crippen LogP contribution in [0.5, 0.6) is 0 Å². The van der Waals surface area contributed by atoms with Crippen LogP contribution >= 0.6 is 0 Å². The molecule has 1 N–H and O–H groups in total. The lowest BCUT2D eigenvalue weighted by atomic mass is 10.3. The van der Waals surface area contributed by atoms with Crippen molar-refractivity contribution < 1.29 is 14.6 Å². The molecule has 0 saturated carbocycles. The first-order valence-electron chi connectivity index (χ1n) is 6.18. The Morgan fingerprint density at radius 2 is 1.20 bits per heavy atom. The van der Waals surface area contributed by atoms with Gasteiger partial charge in [0.15, 0.2) is 0 Å². The molecule has 0 atom stereocenters. The van der Waals surface area contributed by atoms with Gasteiger partial charge < -0.3 is 14.6 Å². The van der Waals surface area contributed by atoms with Crippen LogP contribution in [0, 0.1) is 0 Å². The van der Waals surface area contributed by atoms with Crippen molar-refractivity contribution in [3.8, 4) is 0 Å². The maximum absolute atomic E-state index is 8.54. The molecular formula is C12H26O3. The standard InChI is InChI=1S/C12H26O3/c1-2-3-9-14-11-6-7-12-15-10-5-4-8-13/h13H,2-12H2,1H3. The number of unbranched alkanes of at least 4 members (excludes halogenated alkanes) is 3. The summed E-state index contributed by atoms with van der Waals surface area (Å²) < 4.78 is 10.8. The van der Waals surface area contributed by atoms with Gasteiger partial charge >= 0.3 is 0 Å². The zero-order valence-corrected chi connectivity index (χ0v) is 10.0. The van der Waals surface area contributed by atoms with Crippen molar-refractivity contribution in [3.63, 3.8) is 0 Å². The van der Waals surface area contributed by atoms with Crippen LogP contribution < -0.4 is 0 Å². The van der Waals surface area contributed by atoms with Gasteiger partial charge in [0.05, 0.1) is 0 Å². The fourth-order valence-electron chi connectivity index (χ4n) is 1.17. The Hall–Kier alpha value is -0.120. The molecule has 0 fully saturated rings. The molecule has 92 valence electrons. The second-order valence-electron chi connectivity index (χ2n) is 3.72. The minimum atomic E-state index is 0.272. The number of hydrogen-bond donors (Lipinski definition) is 1. The summed E-state index contributed by atoms with van der Waals surface area (Å²) in [5, 5.41) is 8.54. The molecule has 15 heavy (non-hydrogen) atoms. The molecule has 0 aliphatic rings. The molecule has 0 bridgehead atoms. The first-order valence-corrected chi connectivity index (χ1v) is 6.18. The van der Waals surface area contributed by atoms with E-state index in [4.69, 9.17) is 14.6 Å². The Balaban J connectivity index is 2.81. The second kappa shape index (κ2) is 13.9. The summed E-state index contributed by atoms with van der Waals surface area (Å²) in [5.74, 6) is 0. The molecule has 0 radical (unpaired) electrons. The molecular weight excluding hydrogens is 192 g/mol. The van der Waals surface area contributed by atoms with Crippen LogP contribution in [0.25, 0.3) is 0 Å². The smallest absolute Gasteiger partial charge is 0.0466 e. The van der Waals surface area contributed by atoms with E-state index >= 15 is 0 Å². The van der Waals surface area contributed by atoms with Crippen molar-refractivity contribution >= 4 is 0 Å². The van der Waals surface area contributed by atoms with Crippen molar-refractivity contribution in [2.24, 2.45) is 0 Å². The Morgan fingerprint density at radius 3 is 1.67 bits per heavy atom. The van der Waals surface area contributed by atoms with Crippen LogP contribution in [-0.2, 0) is 9.47 Å². The van der Waals surface area contributed by atoms with Crippen LogP contribution in [0.1, 0.15) is 45.4 Å². The van der Waals surface area contributed by atoms with E-state index in [9.17, 15) is 0 Å². The van der Waals surface area contributed by atoms with E-state index in [0.29, 0.717) is 0 Å². The Morgan fingerprint density at radius 1 is 0.733 bits per heavy atom. The maximum Gasteiger partial charge on any atom is 0.0466 e. The first-order chi connectivity index (χ1) is 7.41. The highest BCUT2D eigenvalue weighted by molar-refractivity contribution is 4.41. The van der Waals surface area contributed by atoms with Crippen molar-refractivity contribution in [2.75, 3.05) is 33.0 Å². The summed E-state index contributed by atoms with van der Waals surface area (Å²) in [4.78, 5) is 0. The van der Waals surface area contributed by atoms with E-state index in [2.05, 4.69) is 6.92 Å². The third kappa shape index (κ3) is 13.9. The van der Waals surface area contributed by atoms with Gasteiger partial charge in [0.1, 0.15) is 0 Å². The van der Waals surface area contributed by atoms with Gasteiger partial charge in [-0.15, -0.1) is 0 Å². The van der Waals surface area contributed by atoms with E-state index in [0.717, 1.165) is 58.5 Å². The average Bonchev–Trinajstić information content (AvgIpc) is 2.26.